The molecule has 0 aliphatic rings. The molecule has 0 unspecified atom stereocenters. The lowest BCUT2D eigenvalue weighted by atomic mass is 10.4. The first-order valence-corrected chi connectivity index (χ1v) is 6.29. The molecule has 0 radical (unpaired) electrons. The number of aromatic nitrogens is 5. The van der Waals surface area contributed by atoms with Crippen molar-refractivity contribution in [3.63, 3.8) is 0 Å². The Balaban J connectivity index is 1.82. The van der Waals surface area contributed by atoms with Gasteiger partial charge in [0.2, 0.25) is 5.89 Å². The topological polar surface area (TPSA) is 101 Å². The highest BCUT2D eigenvalue weighted by Crippen LogP contribution is 2.10. The fourth-order valence-corrected chi connectivity index (χ4v) is 1.95. The molecule has 2 N–H and O–H groups in total. The Kier molecular flexibility index (Phi) is 2.97. The predicted octanol–water partition coefficient (Wildman–Crippen LogP) is 0.889. The molecule has 0 fully saturated rings. The third-order valence-electron chi connectivity index (χ3n) is 2.94. The van der Waals surface area contributed by atoms with Gasteiger partial charge in [0.05, 0.1) is 12.7 Å². The Morgan fingerprint density at radius 3 is 3.10 bits per heavy atom. The molecule has 3 aromatic rings. The molecule has 0 amide bonds. The second kappa shape index (κ2) is 4.80. The predicted molar refractivity (Wildman–Crippen MR) is 71.6 cm³/mol. The van der Waals surface area contributed by atoms with E-state index in [1.165, 1.54) is 4.40 Å². The lowest BCUT2D eigenvalue weighted by Crippen LogP contribution is -2.14. The molecule has 3 aromatic heterocycles. The normalized spacial score (nSPS) is 11.1. The van der Waals surface area contributed by atoms with Gasteiger partial charge in [-0.05, 0) is 6.92 Å². The molecule has 0 aliphatic carbocycles. The number of aryl methyl sites for hydroxylation is 2. The standard InChI is InChI=1S/C12H14N6O2/c1-3-8-5-14-11(20-8)6-13-9-4-10-16-17-12(19)18(10)7(2)15-9/h4-5,13H,3,6H2,1-2H3,(H,17,19). The third kappa shape index (κ3) is 2.15. The number of hydrogen-bond donors (Lipinski definition) is 2. The van der Waals surface area contributed by atoms with Gasteiger partial charge >= 0.3 is 5.69 Å². The van der Waals surface area contributed by atoms with E-state index in [9.17, 15) is 4.79 Å². The van der Waals surface area contributed by atoms with Gasteiger partial charge in [-0.1, -0.05) is 6.92 Å². The van der Waals surface area contributed by atoms with Crippen molar-refractivity contribution in [3.8, 4) is 0 Å². The maximum Gasteiger partial charge on any atom is 0.349 e. The molecule has 104 valence electrons. The minimum atomic E-state index is -0.295. The Morgan fingerprint density at radius 2 is 2.35 bits per heavy atom. The van der Waals surface area contributed by atoms with Crippen LogP contribution < -0.4 is 11.0 Å². The van der Waals surface area contributed by atoms with Crippen LogP contribution in [0.15, 0.2) is 21.5 Å². The van der Waals surface area contributed by atoms with Gasteiger partial charge in [0.25, 0.3) is 0 Å². The molecule has 0 aromatic carbocycles. The van der Waals surface area contributed by atoms with Crippen molar-refractivity contribution >= 4 is 11.5 Å². The van der Waals surface area contributed by atoms with Crippen molar-refractivity contribution in [2.45, 2.75) is 26.8 Å². The van der Waals surface area contributed by atoms with Gasteiger partial charge in [0.15, 0.2) is 5.65 Å². The maximum atomic E-state index is 11.5. The lowest BCUT2D eigenvalue weighted by molar-refractivity contribution is 0.465. The Morgan fingerprint density at radius 1 is 1.50 bits per heavy atom. The van der Waals surface area contributed by atoms with Crippen LogP contribution in [0.5, 0.6) is 0 Å². The molecule has 20 heavy (non-hydrogen) atoms. The first kappa shape index (κ1) is 12.4. The van der Waals surface area contributed by atoms with Crippen LogP contribution in [0.2, 0.25) is 0 Å². The van der Waals surface area contributed by atoms with E-state index in [-0.39, 0.29) is 5.69 Å². The van der Waals surface area contributed by atoms with Crippen molar-refractivity contribution in [1.82, 2.24) is 24.6 Å². The van der Waals surface area contributed by atoms with Crippen LogP contribution in [0.3, 0.4) is 0 Å². The highest BCUT2D eigenvalue weighted by atomic mass is 16.4. The van der Waals surface area contributed by atoms with E-state index >= 15 is 0 Å². The minimum absolute atomic E-state index is 0.295. The zero-order chi connectivity index (χ0) is 14.1. The Hall–Kier alpha value is -2.64. The largest absolute Gasteiger partial charge is 0.444 e. The second-order valence-electron chi connectivity index (χ2n) is 4.34. The first-order valence-electron chi connectivity index (χ1n) is 6.29. The van der Waals surface area contributed by atoms with Crippen LogP contribution in [0, 0.1) is 6.92 Å². The SMILES string of the molecule is CCc1cnc(CNc2cc3n[nH]c(=O)n3c(C)n2)o1. The third-order valence-corrected chi connectivity index (χ3v) is 2.94. The molecular weight excluding hydrogens is 260 g/mol. The van der Waals surface area contributed by atoms with Crippen LogP contribution in [-0.2, 0) is 13.0 Å². The summed E-state index contributed by atoms with van der Waals surface area (Å²) in [6.07, 6.45) is 2.53. The van der Waals surface area contributed by atoms with Gasteiger partial charge in [-0.2, -0.15) is 5.10 Å². The molecule has 0 atom stereocenters. The van der Waals surface area contributed by atoms with Crippen molar-refractivity contribution in [1.29, 1.82) is 0 Å². The van der Waals surface area contributed by atoms with Crippen LogP contribution >= 0.6 is 0 Å². The number of nitrogens with zero attached hydrogens (tertiary/aromatic N) is 4. The smallest absolute Gasteiger partial charge is 0.349 e. The maximum absolute atomic E-state index is 11.5. The van der Waals surface area contributed by atoms with E-state index in [1.807, 2.05) is 6.92 Å². The van der Waals surface area contributed by atoms with Crippen molar-refractivity contribution in [2.75, 3.05) is 5.32 Å². The lowest BCUT2D eigenvalue weighted by Gasteiger charge is -2.05. The second-order valence-corrected chi connectivity index (χ2v) is 4.34. The molecule has 0 saturated heterocycles. The van der Waals surface area contributed by atoms with Crippen molar-refractivity contribution in [2.24, 2.45) is 0 Å². The average Bonchev–Trinajstić information content (AvgIpc) is 3.03. The molecule has 0 spiro atoms. The van der Waals surface area contributed by atoms with Gasteiger partial charge in [0.1, 0.15) is 17.4 Å². The van der Waals surface area contributed by atoms with Crippen LogP contribution in [0.1, 0.15) is 24.4 Å². The summed E-state index contributed by atoms with van der Waals surface area (Å²) < 4.78 is 6.91. The van der Waals surface area contributed by atoms with Gasteiger partial charge in [-0.3, -0.25) is 0 Å². The number of hydrogen-bond acceptors (Lipinski definition) is 6. The summed E-state index contributed by atoms with van der Waals surface area (Å²) in [7, 11) is 0. The number of H-pyrrole nitrogens is 1. The zero-order valence-electron chi connectivity index (χ0n) is 11.2. The fraction of sp³-hybridized carbons (Fsp3) is 0.333. The van der Waals surface area contributed by atoms with E-state index < -0.39 is 0 Å². The minimum Gasteiger partial charge on any atom is -0.444 e. The monoisotopic (exact) mass is 274 g/mol. The highest BCUT2D eigenvalue weighted by Gasteiger charge is 2.08. The summed E-state index contributed by atoms with van der Waals surface area (Å²) in [4.78, 5) is 19.9. The van der Waals surface area contributed by atoms with Gasteiger partial charge < -0.3 is 9.73 Å². The summed E-state index contributed by atoms with van der Waals surface area (Å²) in [5.74, 6) is 2.62. The van der Waals surface area contributed by atoms with E-state index in [2.05, 4.69) is 25.5 Å². The molecule has 3 rings (SSSR count). The number of aromatic amines is 1. The Bertz CT molecular complexity index is 800. The van der Waals surface area contributed by atoms with Crippen molar-refractivity contribution in [3.05, 3.63) is 40.2 Å². The summed E-state index contributed by atoms with van der Waals surface area (Å²) in [6.45, 7) is 4.18. The van der Waals surface area contributed by atoms with Gasteiger partial charge in [-0.25, -0.2) is 24.3 Å². The summed E-state index contributed by atoms with van der Waals surface area (Å²) in [6, 6.07) is 1.69. The zero-order valence-corrected chi connectivity index (χ0v) is 11.2. The van der Waals surface area contributed by atoms with Gasteiger partial charge in [0, 0.05) is 12.5 Å². The van der Waals surface area contributed by atoms with Crippen LogP contribution in [0.4, 0.5) is 5.82 Å². The fourth-order valence-electron chi connectivity index (χ4n) is 1.95. The molecule has 8 nitrogen and oxygen atoms in total. The summed E-state index contributed by atoms with van der Waals surface area (Å²) in [5.41, 5.74) is 0.225. The molecule has 0 aliphatic heterocycles. The first-order chi connectivity index (χ1) is 9.67. The molecule has 0 saturated carbocycles. The molecule has 8 heteroatoms. The number of nitrogens with one attached hydrogen (secondary N) is 2. The summed E-state index contributed by atoms with van der Waals surface area (Å²) in [5, 5.41) is 9.41. The van der Waals surface area contributed by atoms with Crippen LogP contribution in [0.25, 0.3) is 5.65 Å². The van der Waals surface area contributed by atoms with E-state index in [0.717, 1.165) is 12.2 Å². The number of anilines is 1. The average molecular weight is 274 g/mol. The molecule has 0 bridgehead atoms. The number of oxazole rings is 1. The van der Waals surface area contributed by atoms with Crippen LogP contribution in [-0.4, -0.2) is 24.6 Å². The van der Waals surface area contributed by atoms with Gasteiger partial charge in [-0.15, -0.1) is 0 Å². The number of rotatable bonds is 4. The van der Waals surface area contributed by atoms with E-state index in [4.69, 9.17) is 4.42 Å². The van der Waals surface area contributed by atoms with E-state index in [0.29, 0.717) is 29.7 Å². The molecular formula is C12H14N6O2. The van der Waals surface area contributed by atoms with Crippen molar-refractivity contribution < 1.29 is 4.42 Å². The quantitative estimate of drug-likeness (QED) is 0.732. The molecule has 3 heterocycles. The van der Waals surface area contributed by atoms with E-state index in [1.54, 1.807) is 19.2 Å². The summed E-state index contributed by atoms with van der Waals surface area (Å²) >= 11 is 0. The number of fused-ring (bicyclic) bond motifs is 1. The highest BCUT2D eigenvalue weighted by molar-refractivity contribution is 5.49. The Labute approximate surface area is 113 Å².